The number of allylic oxidation sites excluding steroid dienone is 1. The molecular weight excluding hydrogens is 180 g/mol. The van der Waals surface area contributed by atoms with Gasteiger partial charge in [0.2, 0.25) is 0 Å². The lowest BCUT2D eigenvalue weighted by atomic mass is 10.5. The highest BCUT2D eigenvalue weighted by molar-refractivity contribution is 9.09. The van der Waals surface area contributed by atoms with Gasteiger partial charge in [-0.05, 0) is 6.08 Å². The Morgan fingerprint density at radius 3 is 3.22 bits per heavy atom. The third-order valence-electron chi connectivity index (χ3n) is 0.884. The number of hydrogen-bond donors (Lipinski definition) is 1. The lowest BCUT2D eigenvalue weighted by Gasteiger charge is -1.78. The highest BCUT2D eigenvalue weighted by Gasteiger charge is 1.81. The van der Waals surface area contributed by atoms with E-state index in [1.54, 1.807) is 12.4 Å². The van der Waals surface area contributed by atoms with Crippen LogP contribution >= 0.6 is 15.9 Å². The first-order valence-electron chi connectivity index (χ1n) is 2.65. The molecule has 1 rings (SSSR count). The van der Waals surface area contributed by atoms with Crippen LogP contribution in [0.25, 0.3) is 6.08 Å². The van der Waals surface area contributed by atoms with Crippen LogP contribution < -0.4 is 0 Å². The standard InChI is InChI=1S/C6H7BrN2/c7-3-1-2-6-8-4-5-9-6/h1-2,4-5H,3H2,(H,8,9). The lowest BCUT2D eigenvalue weighted by Crippen LogP contribution is -1.71. The van der Waals surface area contributed by atoms with Crippen LogP contribution in [-0.4, -0.2) is 15.3 Å². The summed E-state index contributed by atoms with van der Waals surface area (Å²) in [6, 6.07) is 0. The second kappa shape index (κ2) is 3.45. The summed E-state index contributed by atoms with van der Waals surface area (Å²) in [6.07, 6.45) is 7.44. The Labute approximate surface area is 62.1 Å². The quantitative estimate of drug-likeness (QED) is 0.702. The number of nitrogens with zero attached hydrogens (tertiary/aromatic N) is 1. The number of aromatic amines is 1. The van der Waals surface area contributed by atoms with E-state index in [0.717, 1.165) is 11.2 Å². The average Bonchev–Trinajstić information content (AvgIpc) is 2.34. The molecule has 2 nitrogen and oxygen atoms in total. The highest BCUT2D eigenvalue weighted by atomic mass is 79.9. The molecule has 48 valence electrons. The van der Waals surface area contributed by atoms with Crippen molar-refractivity contribution in [3.05, 3.63) is 24.3 Å². The second-order valence-corrected chi connectivity index (χ2v) is 2.18. The van der Waals surface area contributed by atoms with Gasteiger partial charge in [-0.1, -0.05) is 22.0 Å². The molecular formula is C6H7BrN2. The van der Waals surface area contributed by atoms with Gasteiger partial charge in [0.05, 0.1) is 0 Å². The molecule has 0 amide bonds. The van der Waals surface area contributed by atoms with Crippen molar-refractivity contribution in [1.29, 1.82) is 0 Å². The zero-order valence-corrected chi connectivity index (χ0v) is 6.43. The zero-order chi connectivity index (χ0) is 6.53. The summed E-state index contributed by atoms with van der Waals surface area (Å²) >= 11 is 3.27. The minimum absolute atomic E-state index is 0.869. The summed E-state index contributed by atoms with van der Waals surface area (Å²) in [4.78, 5) is 6.94. The maximum atomic E-state index is 3.99. The van der Waals surface area contributed by atoms with Crippen molar-refractivity contribution >= 4 is 22.0 Å². The van der Waals surface area contributed by atoms with Crippen LogP contribution in [0.1, 0.15) is 5.82 Å². The molecule has 0 aromatic carbocycles. The van der Waals surface area contributed by atoms with Crippen molar-refractivity contribution < 1.29 is 0 Å². The summed E-state index contributed by atoms with van der Waals surface area (Å²) in [5, 5.41) is 0.869. The van der Waals surface area contributed by atoms with Crippen LogP contribution in [0.2, 0.25) is 0 Å². The zero-order valence-electron chi connectivity index (χ0n) is 4.84. The van der Waals surface area contributed by atoms with Crippen molar-refractivity contribution in [3.8, 4) is 0 Å². The van der Waals surface area contributed by atoms with Crippen LogP contribution in [-0.2, 0) is 0 Å². The summed E-state index contributed by atoms with van der Waals surface area (Å²) in [7, 11) is 0. The third kappa shape index (κ3) is 2.01. The molecule has 1 heterocycles. The third-order valence-corrected chi connectivity index (χ3v) is 1.26. The monoisotopic (exact) mass is 186 g/mol. The van der Waals surface area contributed by atoms with E-state index in [-0.39, 0.29) is 0 Å². The average molecular weight is 187 g/mol. The minimum Gasteiger partial charge on any atom is -0.345 e. The van der Waals surface area contributed by atoms with Gasteiger partial charge in [0, 0.05) is 17.7 Å². The van der Waals surface area contributed by atoms with Crippen molar-refractivity contribution in [2.45, 2.75) is 0 Å². The van der Waals surface area contributed by atoms with E-state index in [0.29, 0.717) is 0 Å². The Morgan fingerprint density at radius 1 is 1.78 bits per heavy atom. The van der Waals surface area contributed by atoms with Gasteiger partial charge in [0.1, 0.15) is 5.82 Å². The van der Waals surface area contributed by atoms with E-state index in [9.17, 15) is 0 Å². The molecule has 0 aliphatic heterocycles. The Balaban J connectivity index is 2.57. The molecule has 0 radical (unpaired) electrons. The molecule has 0 spiro atoms. The van der Waals surface area contributed by atoms with Crippen molar-refractivity contribution in [1.82, 2.24) is 9.97 Å². The maximum absolute atomic E-state index is 3.99. The Bertz CT molecular complexity index is 179. The van der Waals surface area contributed by atoms with Gasteiger partial charge in [-0.25, -0.2) is 4.98 Å². The first-order valence-corrected chi connectivity index (χ1v) is 3.77. The fourth-order valence-corrected chi connectivity index (χ4v) is 0.712. The van der Waals surface area contributed by atoms with Crippen molar-refractivity contribution in [2.24, 2.45) is 0 Å². The Kier molecular flexibility index (Phi) is 2.51. The predicted molar refractivity (Wildman–Crippen MR) is 41.4 cm³/mol. The first kappa shape index (κ1) is 6.55. The lowest BCUT2D eigenvalue weighted by molar-refractivity contribution is 1.26. The minimum atomic E-state index is 0.869. The van der Waals surface area contributed by atoms with Crippen LogP contribution in [0.4, 0.5) is 0 Å². The number of halogens is 1. The topological polar surface area (TPSA) is 28.7 Å². The van der Waals surface area contributed by atoms with Gasteiger partial charge >= 0.3 is 0 Å². The number of imidazole rings is 1. The second-order valence-electron chi connectivity index (χ2n) is 1.53. The first-order chi connectivity index (χ1) is 4.43. The van der Waals surface area contributed by atoms with E-state index < -0.39 is 0 Å². The van der Waals surface area contributed by atoms with Crippen LogP contribution in [0.3, 0.4) is 0 Å². The Morgan fingerprint density at radius 2 is 2.67 bits per heavy atom. The molecule has 0 saturated carbocycles. The molecule has 0 aliphatic rings. The van der Waals surface area contributed by atoms with E-state index in [1.165, 1.54) is 0 Å². The number of alkyl halides is 1. The van der Waals surface area contributed by atoms with Crippen LogP contribution in [0.15, 0.2) is 18.5 Å². The predicted octanol–water partition coefficient (Wildman–Crippen LogP) is 1.82. The number of aromatic nitrogens is 2. The van der Waals surface area contributed by atoms with Crippen molar-refractivity contribution in [2.75, 3.05) is 5.33 Å². The molecule has 0 saturated heterocycles. The molecule has 1 aromatic heterocycles. The molecule has 1 aromatic rings. The van der Waals surface area contributed by atoms with Gasteiger partial charge in [-0.2, -0.15) is 0 Å². The van der Waals surface area contributed by atoms with E-state index >= 15 is 0 Å². The van der Waals surface area contributed by atoms with Crippen LogP contribution in [0.5, 0.6) is 0 Å². The van der Waals surface area contributed by atoms with E-state index in [2.05, 4.69) is 25.9 Å². The molecule has 0 bridgehead atoms. The number of H-pyrrole nitrogens is 1. The number of nitrogens with one attached hydrogen (secondary N) is 1. The normalized spacial score (nSPS) is 10.8. The molecule has 0 aliphatic carbocycles. The molecule has 0 unspecified atom stereocenters. The summed E-state index contributed by atoms with van der Waals surface area (Å²) in [5.74, 6) is 0.898. The van der Waals surface area contributed by atoms with Gasteiger partial charge in [0.15, 0.2) is 0 Å². The number of rotatable bonds is 2. The van der Waals surface area contributed by atoms with Crippen LogP contribution in [0, 0.1) is 0 Å². The summed E-state index contributed by atoms with van der Waals surface area (Å²) in [5.41, 5.74) is 0. The summed E-state index contributed by atoms with van der Waals surface area (Å²) in [6.45, 7) is 0. The van der Waals surface area contributed by atoms with Gasteiger partial charge in [0.25, 0.3) is 0 Å². The number of hydrogen-bond acceptors (Lipinski definition) is 1. The van der Waals surface area contributed by atoms with Crippen molar-refractivity contribution in [3.63, 3.8) is 0 Å². The molecule has 1 N–H and O–H groups in total. The summed E-state index contributed by atoms with van der Waals surface area (Å²) < 4.78 is 0. The molecule has 3 heteroatoms. The van der Waals surface area contributed by atoms with Gasteiger partial charge in [-0.15, -0.1) is 0 Å². The fraction of sp³-hybridized carbons (Fsp3) is 0.167. The van der Waals surface area contributed by atoms with Gasteiger partial charge in [-0.3, -0.25) is 0 Å². The maximum Gasteiger partial charge on any atom is 0.129 e. The van der Waals surface area contributed by atoms with E-state index in [1.807, 2.05) is 12.2 Å². The molecule has 0 atom stereocenters. The highest BCUT2D eigenvalue weighted by Crippen LogP contribution is 1.92. The molecule has 0 fully saturated rings. The smallest absolute Gasteiger partial charge is 0.129 e. The SMILES string of the molecule is BrCC=Cc1ncc[nH]1. The van der Waals surface area contributed by atoms with Gasteiger partial charge < -0.3 is 4.98 Å². The fourth-order valence-electron chi connectivity index (χ4n) is 0.525. The Hall–Kier alpha value is -0.570. The van der Waals surface area contributed by atoms with E-state index in [4.69, 9.17) is 0 Å². The largest absolute Gasteiger partial charge is 0.345 e. The molecule has 9 heavy (non-hydrogen) atoms.